The van der Waals surface area contributed by atoms with Gasteiger partial charge in [-0.15, -0.1) is 0 Å². The molecule has 0 aromatic rings. The second kappa shape index (κ2) is 7.53. The molecule has 10 atom stereocenters. The van der Waals surface area contributed by atoms with E-state index in [1.54, 1.807) is 0 Å². The highest BCUT2D eigenvalue weighted by Gasteiger charge is 2.49. The average molecular weight is 356 g/mol. The summed E-state index contributed by atoms with van der Waals surface area (Å²) in [6.07, 6.45) is -17.3. The maximum absolute atomic E-state index is 11.0. The molecule has 2 fully saturated rings. The van der Waals surface area contributed by atoms with Crippen molar-refractivity contribution in [3.63, 3.8) is 0 Å². The van der Waals surface area contributed by atoms with Gasteiger partial charge in [-0.1, -0.05) is 0 Å². The molecule has 0 radical (unpaired) electrons. The van der Waals surface area contributed by atoms with E-state index in [4.69, 9.17) is 19.3 Å². The van der Waals surface area contributed by atoms with Crippen LogP contribution in [0.15, 0.2) is 0 Å². The van der Waals surface area contributed by atoms with E-state index in [9.17, 15) is 40.5 Å². The van der Waals surface area contributed by atoms with Crippen molar-refractivity contribution in [2.75, 3.05) is 6.61 Å². The van der Waals surface area contributed by atoms with Gasteiger partial charge in [0.1, 0.15) is 42.7 Å². The first kappa shape index (κ1) is 19.4. The van der Waals surface area contributed by atoms with Crippen LogP contribution in [0.3, 0.4) is 0 Å². The zero-order valence-electron chi connectivity index (χ0n) is 12.2. The van der Waals surface area contributed by atoms with Gasteiger partial charge in [0.05, 0.1) is 6.61 Å². The summed E-state index contributed by atoms with van der Waals surface area (Å²) in [6, 6.07) is 0. The Hall–Kier alpha value is -0.930. The lowest BCUT2D eigenvalue weighted by Crippen LogP contribution is -2.62. The summed E-state index contributed by atoms with van der Waals surface area (Å²) < 4.78 is 14.7. The van der Waals surface area contributed by atoms with Gasteiger partial charge >= 0.3 is 5.97 Å². The second-order valence-corrected chi connectivity index (χ2v) is 5.61. The first-order valence-electron chi connectivity index (χ1n) is 7.07. The number of carboxylic acids is 1. The minimum atomic E-state index is -1.88. The van der Waals surface area contributed by atoms with Crippen LogP contribution in [0.1, 0.15) is 0 Å². The summed E-state index contributed by atoms with van der Waals surface area (Å²) in [7, 11) is 0. The maximum atomic E-state index is 11.0. The van der Waals surface area contributed by atoms with Crippen LogP contribution in [-0.4, -0.2) is 115 Å². The zero-order valence-corrected chi connectivity index (χ0v) is 12.2. The van der Waals surface area contributed by atoms with Crippen LogP contribution < -0.4 is 0 Å². The first-order chi connectivity index (χ1) is 11.1. The molecule has 2 heterocycles. The highest BCUT2D eigenvalue weighted by atomic mass is 16.7. The Morgan fingerprint density at radius 3 is 1.96 bits per heavy atom. The Morgan fingerprint density at radius 2 is 1.38 bits per heavy atom. The van der Waals surface area contributed by atoms with Crippen molar-refractivity contribution in [1.29, 1.82) is 0 Å². The molecule has 0 saturated carbocycles. The van der Waals surface area contributed by atoms with Crippen LogP contribution in [0.4, 0.5) is 0 Å². The number of rotatable bonds is 4. The third-order valence-corrected chi connectivity index (χ3v) is 3.92. The number of hydrogen-bond acceptors (Lipinski definition) is 11. The molecule has 140 valence electrons. The molecule has 8 N–H and O–H groups in total. The summed E-state index contributed by atoms with van der Waals surface area (Å²) in [6.45, 7) is -0.584. The average Bonchev–Trinajstić information content (AvgIpc) is 2.54. The third kappa shape index (κ3) is 3.67. The topological polar surface area (TPSA) is 207 Å². The Labute approximate surface area is 135 Å². The van der Waals surface area contributed by atoms with Crippen molar-refractivity contribution < 1.29 is 59.9 Å². The van der Waals surface area contributed by atoms with Crippen molar-refractivity contribution in [1.82, 2.24) is 0 Å². The maximum Gasteiger partial charge on any atom is 0.335 e. The number of hydrogen-bond donors (Lipinski definition) is 8. The van der Waals surface area contributed by atoms with Gasteiger partial charge in [-0.05, 0) is 0 Å². The molecule has 2 rings (SSSR count). The molecule has 0 spiro atoms. The fraction of sp³-hybridized carbons (Fsp3) is 0.917. The number of aliphatic hydroxyl groups is 7. The standard InChI is InChI=1S/C12H20O12/c13-3-2(23-11(21)7(17)4(3)14)1-22-12-8(18)5(15)6(16)9(24-12)10(19)20/h2-9,11-18,21H,1H2,(H,19,20)/t2-,3+,4-,5-,6+,7-,8-,9+,11-,12-/m1/s1. The van der Waals surface area contributed by atoms with Gasteiger partial charge in [0, 0.05) is 0 Å². The number of carboxylic acid groups (broad SMARTS) is 1. The molecule has 12 heteroatoms. The normalized spacial score (nSPS) is 49.8. The minimum Gasteiger partial charge on any atom is -0.479 e. The fourth-order valence-electron chi connectivity index (χ4n) is 2.45. The molecule has 2 saturated heterocycles. The van der Waals surface area contributed by atoms with Gasteiger partial charge < -0.3 is 55.1 Å². The van der Waals surface area contributed by atoms with E-state index in [0.717, 1.165) is 0 Å². The second-order valence-electron chi connectivity index (χ2n) is 5.61. The summed E-state index contributed by atoms with van der Waals surface area (Å²) in [4.78, 5) is 11.0. The predicted octanol–water partition coefficient (Wildman–Crippen LogP) is -5.30. The molecule has 0 aliphatic carbocycles. The smallest absolute Gasteiger partial charge is 0.335 e. The molecule has 0 bridgehead atoms. The Bertz CT molecular complexity index is 446. The molecule has 0 aromatic carbocycles. The van der Waals surface area contributed by atoms with Crippen LogP contribution in [0.25, 0.3) is 0 Å². The fourth-order valence-corrected chi connectivity index (χ4v) is 2.45. The summed E-state index contributed by atoms with van der Waals surface area (Å²) >= 11 is 0. The molecule has 2 aliphatic heterocycles. The molecule has 12 nitrogen and oxygen atoms in total. The molecular weight excluding hydrogens is 336 g/mol. The van der Waals surface area contributed by atoms with Crippen molar-refractivity contribution in [3.05, 3.63) is 0 Å². The van der Waals surface area contributed by atoms with Gasteiger partial charge in [-0.25, -0.2) is 4.79 Å². The monoisotopic (exact) mass is 356 g/mol. The molecule has 0 unspecified atom stereocenters. The minimum absolute atomic E-state index is 0.584. The first-order valence-corrected chi connectivity index (χ1v) is 7.07. The Morgan fingerprint density at radius 1 is 0.792 bits per heavy atom. The van der Waals surface area contributed by atoms with E-state index >= 15 is 0 Å². The molecule has 0 aromatic heterocycles. The lowest BCUT2D eigenvalue weighted by molar-refractivity contribution is -0.321. The van der Waals surface area contributed by atoms with Crippen molar-refractivity contribution in [3.8, 4) is 0 Å². The predicted molar refractivity (Wildman–Crippen MR) is 69.2 cm³/mol. The summed E-state index contributed by atoms with van der Waals surface area (Å²) in [5.41, 5.74) is 0. The molecular formula is C12H20O12. The van der Waals surface area contributed by atoms with Gasteiger partial charge in [0.2, 0.25) is 0 Å². The largest absolute Gasteiger partial charge is 0.479 e. The van der Waals surface area contributed by atoms with Crippen LogP contribution in [-0.2, 0) is 19.0 Å². The molecule has 0 amide bonds. The van der Waals surface area contributed by atoms with Crippen LogP contribution in [0.2, 0.25) is 0 Å². The molecule has 24 heavy (non-hydrogen) atoms. The van der Waals surface area contributed by atoms with Crippen LogP contribution in [0.5, 0.6) is 0 Å². The third-order valence-electron chi connectivity index (χ3n) is 3.92. The molecule has 2 aliphatic rings. The van der Waals surface area contributed by atoms with Crippen LogP contribution in [0, 0.1) is 0 Å². The Kier molecular flexibility index (Phi) is 6.09. The van der Waals surface area contributed by atoms with Gasteiger partial charge in [-0.2, -0.15) is 0 Å². The van der Waals surface area contributed by atoms with E-state index in [1.165, 1.54) is 0 Å². The highest BCUT2D eigenvalue weighted by molar-refractivity contribution is 5.73. The lowest BCUT2D eigenvalue weighted by Gasteiger charge is -2.41. The summed E-state index contributed by atoms with van der Waals surface area (Å²) in [5, 5.41) is 75.8. The van der Waals surface area contributed by atoms with Crippen LogP contribution >= 0.6 is 0 Å². The Balaban J connectivity index is 1.98. The van der Waals surface area contributed by atoms with Crippen molar-refractivity contribution in [2.24, 2.45) is 0 Å². The van der Waals surface area contributed by atoms with Gasteiger partial charge in [-0.3, -0.25) is 0 Å². The number of carbonyl (C=O) groups is 1. The van der Waals surface area contributed by atoms with E-state index in [-0.39, 0.29) is 0 Å². The zero-order chi connectivity index (χ0) is 18.2. The van der Waals surface area contributed by atoms with Gasteiger partial charge in [0.25, 0.3) is 0 Å². The quantitative estimate of drug-likeness (QED) is 0.238. The number of aliphatic hydroxyl groups excluding tert-OH is 7. The van der Waals surface area contributed by atoms with E-state index < -0.39 is 74.0 Å². The van der Waals surface area contributed by atoms with E-state index in [2.05, 4.69) is 0 Å². The van der Waals surface area contributed by atoms with E-state index in [1.807, 2.05) is 0 Å². The number of ether oxygens (including phenoxy) is 3. The SMILES string of the molecule is O=C(O)[C@H]1O[C@@H](OC[C@H]2O[C@@H](O)[C@H](O)[C@H](O)[C@H]2O)[C@H](O)[C@H](O)[C@@H]1O. The summed E-state index contributed by atoms with van der Waals surface area (Å²) in [5.74, 6) is -1.59. The number of aliphatic carboxylic acids is 1. The van der Waals surface area contributed by atoms with Crippen molar-refractivity contribution >= 4 is 5.97 Å². The lowest BCUT2D eigenvalue weighted by atomic mass is 9.98. The van der Waals surface area contributed by atoms with E-state index in [0.29, 0.717) is 0 Å². The highest BCUT2D eigenvalue weighted by Crippen LogP contribution is 2.25. The van der Waals surface area contributed by atoms with Gasteiger partial charge in [0.15, 0.2) is 18.7 Å². The van der Waals surface area contributed by atoms with Crippen molar-refractivity contribution in [2.45, 2.75) is 61.4 Å².